The van der Waals surface area contributed by atoms with Crippen LogP contribution in [0.15, 0.2) is 30.9 Å². The van der Waals surface area contributed by atoms with E-state index in [0.717, 1.165) is 23.5 Å². The highest BCUT2D eigenvalue weighted by Gasteiger charge is 2.11. The van der Waals surface area contributed by atoms with Crippen LogP contribution >= 0.6 is 0 Å². The van der Waals surface area contributed by atoms with Crippen LogP contribution in [0.5, 0.6) is 11.5 Å². The van der Waals surface area contributed by atoms with Crippen molar-refractivity contribution in [3.8, 4) is 11.5 Å². The van der Waals surface area contributed by atoms with Gasteiger partial charge in [0.2, 0.25) is 0 Å². The molecule has 0 saturated carbocycles. The van der Waals surface area contributed by atoms with Crippen molar-refractivity contribution >= 4 is 0 Å². The van der Waals surface area contributed by atoms with Gasteiger partial charge in [-0.15, -0.1) is 6.58 Å². The Labute approximate surface area is 90.5 Å². The number of rotatable bonds is 5. The number of benzene rings is 1. The van der Waals surface area contributed by atoms with Crippen LogP contribution in [0.25, 0.3) is 0 Å². The minimum Gasteiger partial charge on any atom is -0.497 e. The van der Waals surface area contributed by atoms with Gasteiger partial charge in [-0.2, -0.15) is 0 Å². The van der Waals surface area contributed by atoms with E-state index in [1.807, 2.05) is 18.2 Å². The van der Waals surface area contributed by atoms with E-state index < -0.39 is 0 Å². The minimum atomic E-state index is -0.0802. The number of hydrogen-bond donors (Lipinski definition) is 1. The number of nitrogens with two attached hydrogens (primary N) is 1. The second-order valence-corrected chi connectivity index (χ2v) is 3.24. The van der Waals surface area contributed by atoms with Gasteiger partial charge in [-0.05, 0) is 12.5 Å². The predicted octanol–water partition coefficient (Wildman–Crippen LogP) is 2.28. The number of ether oxygens (including phenoxy) is 2. The van der Waals surface area contributed by atoms with Gasteiger partial charge in [0, 0.05) is 17.7 Å². The molecule has 1 atom stereocenters. The van der Waals surface area contributed by atoms with E-state index in [0.29, 0.717) is 0 Å². The summed E-state index contributed by atoms with van der Waals surface area (Å²) >= 11 is 0. The Balaban J connectivity index is 3.01. The molecule has 15 heavy (non-hydrogen) atoms. The predicted molar refractivity (Wildman–Crippen MR) is 61.3 cm³/mol. The summed E-state index contributed by atoms with van der Waals surface area (Å²) in [6, 6.07) is 5.55. The number of hydrogen-bond acceptors (Lipinski definition) is 3. The van der Waals surface area contributed by atoms with Crippen LogP contribution < -0.4 is 15.2 Å². The molecule has 1 aromatic rings. The Bertz CT molecular complexity index is 336. The summed E-state index contributed by atoms with van der Waals surface area (Å²) in [7, 11) is 3.25. The molecule has 1 aromatic carbocycles. The summed E-state index contributed by atoms with van der Waals surface area (Å²) in [6.07, 6.45) is 2.52. The van der Waals surface area contributed by atoms with Crippen molar-refractivity contribution in [2.24, 2.45) is 5.73 Å². The maximum atomic E-state index is 5.98. The van der Waals surface area contributed by atoms with Crippen LogP contribution in [0, 0.1) is 0 Å². The first kappa shape index (κ1) is 11.6. The molecular weight excluding hydrogens is 190 g/mol. The maximum Gasteiger partial charge on any atom is 0.127 e. The van der Waals surface area contributed by atoms with Gasteiger partial charge in [0.25, 0.3) is 0 Å². The molecule has 2 N–H and O–H groups in total. The van der Waals surface area contributed by atoms with Gasteiger partial charge in [-0.25, -0.2) is 0 Å². The van der Waals surface area contributed by atoms with Crippen molar-refractivity contribution < 1.29 is 9.47 Å². The third kappa shape index (κ3) is 2.73. The molecule has 3 nitrogen and oxygen atoms in total. The summed E-state index contributed by atoms with van der Waals surface area (Å²) in [4.78, 5) is 0. The highest BCUT2D eigenvalue weighted by Crippen LogP contribution is 2.29. The monoisotopic (exact) mass is 207 g/mol. The first-order chi connectivity index (χ1) is 7.22. The van der Waals surface area contributed by atoms with Gasteiger partial charge in [-0.1, -0.05) is 12.1 Å². The van der Waals surface area contributed by atoms with Crippen molar-refractivity contribution in [1.29, 1.82) is 0 Å². The summed E-state index contributed by atoms with van der Waals surface area (Å²) in [5.41, 5.74) is 6.95. The Kier molecular flexibility index (Phi) is 4.18. The largest absolute Gasteiger partial charge is 0.497 e. The van der Waals surface area contributed by atoms with E-state index >= 15 is 0 Å². The smallest absolute Gasteiger partial charge is 0.127 e. The molecule has 1 rings (SSSR count). The van der Waals surface area contributed by atoms with Crippen LogP contribution in [0.4, 0.5) is 0 Å². The summed E-state index contributed by atoms with van der Waals surface area (Å²) in [5, 5.41) is 0. The topological polar surface area (TPSA) is 44.5 Å². The average Bonchev–Trinajstić information content (AvgIpc) is 2.28. The van der Waals surface area contributed by atoms with E-state index in [-0.39, 0.29) is 6.04 Å². The first-order valence-corrected chi connectivity index (χ1v) is 4.81. The van der Waals surface area contributed by atoms with E-state index in [1.54, 1.807) is 20.3 Å². The lowest BCUT2D eigenvalue weighted by Crippen LogP contribution is -2.10. The maximum absolute atomic E-state index is 5.98. The highest BCUT2D eigenvalue weighted by molar-refractivity contribution is 5.42. The van der Waals surface area contributed by atoms with Gasteiger partial charge < -0.3 is 15.2 Å². The number of methoxy groups -OCH3 is 2. The molecule has 0 aliphatic carbocycles. The molecule has 0 unspecified atom stereocenters. The molecule has 0 aromatic heterocycles. The molecular formula is C12H17NO2. The Morgan fingerprint density at radius 3 is 2.67 bits per heavy atom. The lowest BCUT2D eigenvalue weighted by molar-refractivity contribution is 0.388. The van der Waals surface area contributed by atoms with Crippen molar-refractivity contribution in [3.05, 3.63) is 36.4 Å². The third-order valence-electron chi connectivity index (χ3n) is 2.26. The fraction of sp³-hybridized carbons (Fsp3) is 0.333. The van der Waals surface area contributed by atoms with Crippen LogP contribution in [0.3, 0.4) is 0 Å². The zero-order valence-electron chi connectivity index (χ0n) is 9.19. The van der Waals surface area contributed by atoms with Crippen molar-refractivity contribution in [2.75, 3.05) is 14.2 Å². The zero-order chi connectivity index (χ0) is 11.3. The molecule has 0 saturated heterocycles. The van der Waals surface area contributed by atoms with E-state index in [4.69, 9.17) is 15.2 Å². The molecule has 3 heteroatoms. The summed E-state index contributed by atoms with van der Waals surface area (Å²) in [6.45, 7) is 3.67. The Morgan fingerprint density at radius 1 is 1.40 bits per heavy atom. The quantitative estimate of drug-likeness (QED) is 0.753. The van der Waals surface area contributed by atoms with Gasteiger partial charge in [0.15, 0.2) is 0 Å². The lowest BCUT2D eigenvalue weighted by atomic mass is 10.0. The first-order valence-electron chi connectivity index (χ1n) is 4.81. The average molecular weight is 207 g/mol. The fourth-order valence-corrected chi connectivity index (χ4v) is 1.43. The highest BCUT2D eigenvalue weighted by atomic mass is 16.5. The van der Waals surface area contributed by atoms with Crippen LogP contribution in [0.2, 0.25) is 0 Å². The fourth-order valence-electron chi connectivity index (χ4n) is 1.43. The minimum absolute atomic E-state index is 0.0802. The van der Waals surface area contributed by atoms with Gasteiger partial charge in [0.1, 0.15) is 11.5 Å². The van der Waals surface area contributed by atoms with Gasteiger partial charge >= 0.3 is 0 Å². The summed E-state index contributed by atoms with van der Waals surface area (Å²) < 4.78 is 10.4. The van der Waals surface area contributed by atoms with E-state index in [9.17, 15) is 0 Å². The van der Waals surface area contributed by atoms with Gasteiger partial charge in [0.05, 0.1) is 14.2 Å². The molecule has 0 radical (unpaired) electrons. The van der Waals surface area contributed by atoms with Crippen molar-refractivity contribution in [1.82, 2.24) is 0 Å². The molecule has 0 spiro atoms. The van der Waals surface area contributed by atoms with Gasteiger partial charge in [-0.3, -0.25) is 0 Å². The van der Waals surface area contributed by atoms with Crippen LogP contribution in [-0.2, 0) is 0 Å². The second-order valence-electron chi connectivity index (χ2n) is 3.24. The van der Waals surface area contributed by atoms with Crippen molar-refractivity contribution in [2.45, 2.75) is 12.5 Å². The molecule has 0 aliphatic rings. The standard InChI is InChI=1S/C12H17NO2/c1-4-5-11(13)10-7-6-9(14-2)8-12(10)15-3/h4,6-8,11H,1,5,13H2,2-3H3/t11-/m1/s1. The molecule has 82 valence electrons. The molecule has 0 aliphatic heterocycles. The molecule has 0 amide bonds. The van der Waals surface area contributed by atoms with Crippen LogP contribution in [0.1, 0.15) is 18.0 Å². The molecule has 0 fully saturated rings. The Hall–Kier alpha value is -1.48. The van der Waals surface area contributed by atoms with Crippen LogP contribution in [-0.4, -0.2) is 14.2 Å². The Morgan fingerprint density at radius 2 is 2.13 bits per heavy atom. The van der Waals surface area contributed by atoms with E-state index in [2.05, 4.69) is 6.58 Å². The normalized spacial score (nSPS) is 11.9. The SMILES string of the molecule is C=CC[C@@H](N)c1ccc(OC)cc1OC. The zero-order valence-corrected chi connectivity index (χ0v) is 9.19. The molecule has 0 heterocycles. The van der Waals surface area contributed by atoms with Crippen molar-refractivity contribution in [3.63, 3.8) is 0 Å². The van der Waals surface area contributed by atoms with E-state index in [1.165, 1.54) is 0 Å². The second kappa shape index (κ2) is 5.41. The summed E-state index contributed by atoms with van der Waals surface area (Å²) in [5.74, 6) is 1.52. The lowest BCUT2D eigenvalue weighted by Gasteiger charge is -2.15. The molecule has 0 bridgehead atoms. The third-order valence-corrected chi connectivity index (χ3v) is 2.26.